The summed E-state index contributed by atoms with van der Waals surface area (Å²) in [7, 11) is 1.99. The summed E-state index contributed by atoms with van der Waals surface area (Å²) in [5, 5.41) is 19.8. The third-order valence-electron chi connectivity index (χ3n) is 3.42. The van der Waals surface area contributed by atoms with Crippen LogP contribution in [0.1, 0.15) is 0 Å². The fourth-order valence-electron chi connectivity index (χ4n) is 1.97. The van der Waals surface area contributed by atoms with E-state index in [9.17, 15) is 67.7 Å². The molecular formula is C13H13F12NO3. The fraction of sp³-hybridized carbons (Fsp3) is 0.769. The minimum Gasteiger partial charge on any atom is -0.544 e. The minimum absolute atomic E-state index is 0.836. The van der Waals surface area contributed by atoms with E-state index in [2.05, 4.69) is 0 Å². The highest BCUT2D eigenvalue weighted by atomic mass is 19.4. The van der Waals surface area contributed by atoms with E-state index in [0.29, 0.717) is 0 Å². The van der Waals surface area contributed by atoms with Crippen molar-refractivity contribution in [2.75, 3.05) is 27.2 Å². The van der Waals surface area contributed by atoms with Gasteiger partial charge in [0.05, 0.1) is 20.1 Å². The number of aliphatic hydroxyl groups is 1. The molecule has 0 aliphatic rings. The van der Waals surface area contributed by atoms with Gasteiger partial charge in [-0.3, -0.25) is 0 Å². The SMILES string of the molecule is C[N+](C)(CC(=O)[O-])CC(O)C=C(F)C(F)(F)C(F)(F)C(F)(F)C(F)(F)C(F)(F)F. The van der Waals surface area contributed by atoms with E-state index in [1.807, 2.05) is 0 Å². The third-order valence-corrected chi connectivity index (χ3v) is 3.42. The number of likely N-dealkylation sites (N-methyl/N-ethyl adjacent to an activating group) is 1. The van der Waals surface area contributed by atoms with E-state index >= 15 is 0 Å². The normalized spacial score (nSPS) is 16.7. The largest absolute Gasteiger partial charge is 0.544 e. The number of rotatable bonds is 9. The maximum atomic E-state index is 13.5. The molecule has 0 bridgehead atoms. The lowest BCUT2D eigenvalue weighted by molar-refractivity contribution is -0.887. The Hall–Kier alpha value is -1.71. The first-order valence-corrected chi connectivity index (χ1v) is 7.09. The molecule has 0 amide bonds. The lowest BCUT2D eigenvalue weighted by Crippen LogP contribution is -2.66. The van der Waals surface area contributed by atoms with Gasteiger partial charge in [-0.25, -0.2) is 4.39 Å². The molecular weight excluding hydrogens is 446 g/mol. The lowest BCUT2D eigenvalue weighted by Gasteiger charge is -2.36. The van der Waals surface area contributed by atoms with E-state index in [1.54, 1.807) is 0 Å². The molecule has 0 saturated heterocycles. The zero-order valence-electron chi connectivity index (χ0n) is 14.3. The van der Waals surface area contributed by atoms with Crippen LogP contribution in [0.5, 0.6) is 0 Å². The molecule has 1 unspecified atom stereocenters. The minimum atomic E-state index is -7.79. The maximum Gasteiger partial charge on any atom is 0.460 e. The number of halogens is 12. The van der Waals surface area contributed by atoms with Gasteiger partial charge in [0.15, 0.2) is 5.83 Å². The summed E-state index contributed by atoms with van der Waals surface area (Å²) in [5.74, 6) is -35.3. The van der Waals surface area contributed by atoms with Crippen LogP contribution in [0.2, 0.25) is 0 Å². The number of nitrogens with zero attached hydrogens (tertiary/aromatic N) is 1. The number of aliphatic carboxylic acids is 1. The molecule has 0 fully saturated rings. The molecule has 172 valence electrons. The lowest BCUT2D eigenvalue weighted by atomic mass is 9.96. The molecule has 16 heteroatoms. The zero-order valence-corrected chi connectivity index (χ0v) is 14.3. The van der Waals surface area contributed by atoms with Crippen molar-refractivity contribution in [2.45, 2.75) is 36.0 Å². The number of carboxylic acid groups (broad SMARTS) is 1. The van der Waals surface area contributed by atoms with Crippen molar-refractivity contribution in [3.8, 4) is 0 Å². The van der Waals surface area contributed by atoms with Crippen LogP contribution in [0.4, 0.5) is 52.7 Å². The highest BCUT2D eigenvalue weighted by molar-refractivity contribution is 5.65. The Balaban J connectivity index is 5.96. The van der Waals surface area contributed by atoms with Crippen LogP contribution in [-0.4, -0.2) is 78.7 Å². The highest BCUT2D eigenvalue weighted by Crippen LogP contribution is 2.58. The standard InChI is InChI=1S/C13H13F12NO3/c1-26(2,5-8(28)29)4-6(27)3-7(14)9(15,16)10(17,18)11(19,20)12(21,22)13(23,24)25/h3,6,27H,4-5H2,1-2H3. The molecule has 0 saturated carbocycles. The van der Waals surface area contributed by atoms with Crippen LogP contribution < -0.4 is 5.11 Å². The molecule has 1 N–H and O–H groups in total. The molecule has 0 aromatic carbocycles. The van der Waals surface area contributed by atoms with E-state index in [-0.39, 0.29) is 0 Å². The second kappa shape index (κ2) is 7.85. The first-order chi connectivity index (χ1) is 12.4. The molecule has 0 spiro atoms. The van der Waals surface area contributed by atoms with Crippen molar-refractivity contribution in [3.05, 3.63) is 11.9 Å². The molecule has 29 heavy (non-hydrogen) atoms. The van der Waals surface area contributed by atoms with Crippen molar-refractivity contribution < 1.29 is 72.2 Å². The van der Waals surface area contributed by atoms with Crippen LogP contribution in [0, 0.1) is 0 Å². The van der Waals surface area contributed by atoms with Gasteiger partial charge in [0.25, 0.3) is 0 Å². The number of aliphatic hydroxyl groups excluding tert-OH is 1. The van der Waals surface area contributed by atoms with E-state index < -0.39 is 71.4 Å². The number of carbonyl (C=O) groups excluding carboxylic acids is 1. The van der Waals surface area contributed by atoms with Crippen molar-refractivity contribution in [2.24, 2.45) is 0 Å². The summed E-state index contributed by atoms with van der Waals surface area (Å²) in [5.41, 5.74) is 0. The monoisotopic (exact) mass is 459 g/mol. The first kappa shape index (κ1) is 27.3. The molecule has 0 aromatic rings. The Morgan fingerprint density at radius 2 is 1.34 bits per heavy atom. The number of quaternary nitrogens is 1. The predicted molar refractivity (Wildman–Crippen MR) is 67.9 cm³/mol. The van der Waals surface area contributed by atoms with Gasteiger partial charge in [0, 0.05) is 0 Å². The van der Waals surface area contributed by atoms with Gasteiger partial charge in [0.1, 0.15) is 19.2 Å². The summed E-state index contributed by atoms with van der Waals surface area (Å²) < 4.78 is 153. The third kappa shape index (κ3) is 5.26. The zero-order chi connectivity index (χ0) is 23.9. The molecule has 0 aliphatic heterocycles. The molecule has 0 radical (unpaired) electrons. The van der Waals surface area contributed by atoms with Crippen molar-refractivity contribution in [3.63, 3.8) is 0 Å². The molecule has 4 nitrogen and oxygen atoms in total. The van der Waals surface area contributed by atoms with Crippen molar-refractivity contribution in [1.82, 2.24) is 0 Å². The van der Waals surface area contributed by atoms with E-state index in [4.69, 9.17) is 0 Å². The van der Waals surface area contributed by atoms with Crippen molar-refractivity contribution >= 4 is 5.97 Å². The average Bonchev–Trinajstić information content (AvgIpc) is 2.42. The van der Waals surface area contributed by atoms with E-state index in [1.165, 1.54) is 0 Å². The number of alkyl halides is 11. The van der Waals surface area contributed by atoms with Crippen LogP contribution >= 0.6 is 0 Å². The number of allylic oxidation sites excluding steroid dienone is 1. The molecule has 1 atom stereocenters. The Morgan fingerprint density at radius 1 is 0.931 bits per heavy atom. The predicted octanol–water partition coefficient (Wildman–Crippen LogP) is 2.13. The number of hydrogen-bond donors (Lipinski definition) is 1. The Bertz CT molecular complexity index is 641. The molecule has 0 heterocycles. The topological polar surface area (TPSA) is 60.4 Å². The van der Waals surface area contributed by atoms with Crippen LogP contribution in [0.3, 0.4) is 0 Å². The second-order valence-electron chi connectivity index (χ2n) is 6.53. The summed E-state index contributed by atoms with van der Waals surface area (Å²) >= 11 is 0. The number of hydrogen-bond acceptors (Lipinski definition) is 3. The van der Waals surface area contributed by atoms with Crippen molar-refractivity contribution in [1.29, 1.82) is 0 Å². The average molecular weight is 459 g/mol. The van der Waals surface area contributed by atoms with Gasteiger partial charge in [-0.15, -0.1) is 0 Å². The summed E-state index contributed by atoms with van der Waals surface area (Å²) in [6.45, 7) is -1.92. The number of carboxylic acids is 1. The van der Waals surface area contributed by atoms with Gasteiger partial charge in [0.2, 0.25) is 0 Å². The quantitative estimate of drug-likeness (QED) is 0.425. The first-order valence-electron chi connectivity index (χ1n) is 7.09. The molecule has 0 aliphatic carbocycles. The fourth-order valence-corrected chi connectivity index (χ4v) is 1.97. The van der Waals surface area contributed by atoms with Crippen LogP contribution in [-0.2, 0) is 4.79 Å². The highest BCUT2D eigenvalue weighted by Gasteiger charge is 2.87. The second-order valence-corrected chi connectivity index (χ2v) is 6.53. The molecule has 0 aromatic heterocycles. The van der Waals surface area contributed by atoms with Gasteiger partial charge < -0.3 is 19.5 Å². The number of carbonyl (C=O) groups is 1. The van der Waals surface area contributed by atoms with Crippen LogP contribution in [0.25, 0.3) is 0 Å². The van der Waals surface area contributed by atoms with Crippen LogP contribution in [0.15, 0.2) is 11.9 Å². The molecule has 0 rings (SSSR count). The maximum absolute atomic E-state index is 13.5. The summed E-state index contributed by atoms with van der Waals surface area (Å²) in [4.78, 5) is 10.4. The van der Waals surface area contributed by atoms with Gasteiger partial charge >= 0.3 is 29.9 Å². The van der Waals surface area contributed by atoms with E-state index in [0.717, 1.165) is 14.1 Å². The van der Waals surface area contributed by atoms with Gasteiger partial charge in [-0.2, -0.15) is 48.3 Å². The Labute approximate surface area is 154 Å². The van der Waals surface area contributed by atoms with Gasteiger partial charge in [-0.1, -0.05) is 0 Å². The Morgan fingerprint density at radius 3 is 1.69 bits per heavy atom. The summed E-state index contributed by atoms with van der Waals surface area (Å²) in [6.07, 6.45) is -10.8. The van der Waals surface area contributed by atoms with Gasteiger partial charge in [-0.05, 0) is 6.08 Å². The summed E-state index contributed by atoms with van der Waals surface area (Å²) in [6, 6.07) is 0. The smallest absolute Gasteiger partial charge is 0.460 e. The Kier molecular flexibility index (Phi) is 7.38.